The highest BCUT2D eigenvalue weighted by molar-refractivity contribution is 6.00. The molecule has 2 heteroatoms. The lowest BCUT2D eigenvalue weighted by atomic mass is 9.53. The van der Waals surface area contributed by atoms with Gasteiger partial charge in [-0.3, -0.25) is 4.79 Å². The van der Waals surface area contributed by atoms with Crippen LogP contribution in [0.5, 0.6) is 0 Å². The summed E-state index contributed by atoms with van der Waals surface area (Å²) < 4.78 is 0. The van der Waals surface area contributed by atoms with Crippen molar-refractivity contribution in [3.05, 3.63) is 11.1 Å². The van der Waals surface area contributed by atoms with Crippen molar-refractivity contribution in [3.8, 4) is 0 Å². The lowest BCUT2D eigenvalue weighted by Crippen LogP contribution is -2.45. The second kappa shape index (κ2) is 3.03. The van der Waals surface area contributed by atoms with Gasteiger partial charge in [-0.2, -0.15) is 0 Å². The Morgan fingerprint density at radius 3 is 2.59 bits per heavy atom. The molecule has 0 aromatic rings. The van der Waals surface area contributed by atoms with Crippen LogP contribution in [-0.4, -0.2) is 17.0 Å². The van der Waals surface area contributed by atoms with Gasteiger partial charge in [-0.1, -0.05) is 20.8 Å². The van der Waals surface area contributed by atoms with Gasteiger partial charge in [-0.15, -0.1) is 0 Å². The van der Waals surface area contributed by atoms with Crippen molar-refractivity contribution in [1.82, 2.24) is 0 Å². The second-order valence-electron chi connectivity index (χ2n) is 6.86. The average molecular weight is 234 g/mol. The van der Waals surface area contributed by atoms with Gasteiger partial charge < -0.3 is 5.11 Å². The van der Waals surface area contributed by atoms with Crippen LogP contribution in [0.1, 0.15) is 47.0 Å². The molecule has 0 amide bonds. The standard InChI is InChI=1S/C15H22O2/c1-8-5-6-10-13(17)12-9(2)11(16)7-15(8,12)14(10,3)4/h8,10,13,17H,5-7H2,1-4H3/t8-,10-,13+,15+/m1/s1. The van der Waals surface area contributed by atoms with E-state index in [0.717, 1.165) is 24.0 Å². The Bertz CT molecular complexity index is 432. The van der Waals surface area contributed by atoms with Crippen molar-refractivity contribution >= 4 is 5.78 Å². The number of aliphatic hydroxyl groups is 1. The maximum Gasteiger partial charge on any atom is 0.159 e. The number of Topliss-reactive ketones (excluding diaryl/α,β-unsaturated/α-hetero) is 1. The Hall–Kier alpha value is -0.630. The van der Waals surface area contributed by atoms with E-state index in [0.29, 0.717) is 18.3 Å². The van der Waals surface area contributed by atoms with Crippen molar-refractivity contribution in [1.29, 1.82) is 0 Å². The van der Waals surface area contributed by atoms with E-state index >= 15 is 0 Å². The fourth-order valence-electron chi connectivity index (χ4n) is 5.22. The summed E-state index contributed by atoms with van der Waals surface area (Å²) in [7, 11) is 0. The highest BCUT2D eigenvalue weighted by Gasteiger charge is 2.68. The molecule has 1 spiro atoms. The predicted molar refractivity (Wildman–Crippen MR) is 66.4 cm³/mol. The van der Waals surface area contributed by atoms with Crippen molar-refractivity contribution in [2.45, 2.75) is 53.1 Å². The first-order valence-electron chi connectivity index (χ1n) is 6.76. The first-order chi connectivity index (χ1) is 7.84. The van der Waals surface area contributed by atoms with Crippen LogP contribution in [0.3, 0.4) is 0 Å². The topological polar surface area (TPSA) is 37.3 Å². The van der Waals surface area contributed by atoms with Gasteiger partial charge in [-0.25, -0.2) is 0 Å². The number of fused-ring (bicyclic) bond motifs is 1. The van der Waals surface area contributed by atoms with Crippen LogP contribution < -0.4 is 0 Å². The lowest BCUT2D eigenvalue weighted by Gasteiger charge is -2.50. The molecule has 0 unspecified atom stereocenters. The van der Waals surface area contributed by atoms with Crippen molar-refractivity contribution in [2.75, 3.05) is 0 Å². The number of ketones is 1. The van der Waals surface area contributed by atoms with E-state index in [9.17, 15) is 9.90 Å². The fourth-order valence-corrected chi connectivity index (χ4v) is 5.22. The normalized spacial score (nSPS) is 47.6. The van der Waals surface area contributed by atoms with Crippen LogP contribution in [0.4, 0.5) is 0 Å². The molecule has 0 radical (unpaired) electrons. The Labute approximate surface area is 103 Å². The van der Waals surface area contributed by atoms with E-state index in [1.807, 2.05) is 6.92 Å². The van der Waals surface area contributed by atoms with Crippen LogP contribution in [0, 0.1) is 22.7 Å². The number of allylic oxidation sites excluding steroid dienone is 1. The Morgan fingerprint density at radius 1 is 1.29 bits per heavy atom. The van der Waals surface area contributed by atoms with Crippen LogP contribution in [0.2, 0.25) is 0 Å². The molecule has 3 aliphatic carbocycles. The quantitative estimate of drug-likeness (QED) is 0.699. The monoisotopic (exact) mass is 234 g/mol. The molecule has 0 aromatic carbocycles. The number of rotatable bonds is 0. The number of aliphatic hydroxyl groups excluding tert-OH is 1. The van der Waals surface area contributed by atoms with Crippen molar-refractivity contribution in [3.63, 3.8) is 0 Å². The number of hydrogen-bond donors (Lipinski definition) is 1. The number of hydrogen-bond acceptors (Lipinski definition) is 2. The van der Waals surface area contributed by atoms with E-state index in [-0.39, 0.29) is 22.7 Å². The molecule has 2 nitrogen and oxygen atoms in total. The van der Waals surface area contributed by atoms with Gasteiger partial charge >= 0.3 is 0 Å². The van der Waals surface area contributed by atoms with E-state index in [2.05, 4.69) is 20.8 Å². The number of carbonyl (C=O) groups excluding carboxylic acids is 1. The van der Waals surface area contributed by atoms with Gasteiger partial charge in [0.25, 0.3) is 0 Å². The van der Waals surface area contributed by atoms with Crippen molar-refractivity contribution in [2.24, 2.45) is 22.7 Å². The first kappa shape index (κ1) is 11.5. The zero-order valence-electron chi connectivity index (χ0n) is 11.2. The molecule has 2 saturated carbocycles. The third-order valence-electron chi connectivity index (χ3n) is 6.25. The summed E-state index contributed by atoms with van der Waals surface area (Å²) >= 11 is 0. The van der Waals surface area contributed by atoms with Gasteiger partial charge in [0, 0.05) is 11.8 Å². The molecule has 0 aliphatic heterocycles. The minimum atomic E-state index is -0.374. The Balaban J connectivity index is 2.29. The molecule has 94 valence electrons. The van der Waals surface area contributed by atoms with Gasteiger partial charge in [0.05, 0.1) is 6.10 Å². The molecule has 0 heterocycles. The van der Waals surface area contributed by atoms with E-state index < -0.39 is 0 Å². The SMILES string of the molecule is CC1=C2[C@@H](O)[C@H]3CC[C@@H](C)[C@]2(CC1=O)C3(C)C. The van der Waals surface area contributed by atoms with E-state index in [4.69, 9.17) is 0 Å². The molecule has 0 saturated heterocycles. The number of carbonyl (C=O) groups is 1. The summed E-state index contributed by atoms with van der Waals surface area (Å²) in [6, 6.07) is 0. The summed E-state index contributed by atoms with van der Waals surface area (Å²) in [6.07, 6.45) is 2.51. The highest BCUT2D eigenvalue weighted by Crippen LogP contribution is 2.71. The molecule has 1 N–H and O–H groups in total. The fraction of sp³-hybridized carbons (Fsp3) is 0.800. The van der Waals surface area contributed by atoms with Crippen molar-refractivity contribution < 1.29 is 9.90 Å². The Morgan fingerprint density at radius 2 is 1.94 bits per heavy atom. The second-order valence-corrected chi connectivity index (χ2v) is 6.86. The van der Waals surface area contributed by atoms with Gasteiger partial charge in [0.2, 0.25) is 0 Å². The zero-order chi connectivity index (χ0) is 12.6. The third kappa shape index (κ3) is 1.00. The maximum atomic E-state index is 12.1. The van der Waals surface area contributed by atoms with Crippen LogP contribution in [0.15, 0.2) is 11.1 Å². The van der Waals surface area contributed by atoms with Gasteiger partial charge in [0.1, 0.15) is 0 Å². The minimum Gasteiger partial charge on any atom is -0.388 e. The maximum absolute atomic E-state index is 12.1. The molecular formula is C15H22O2. The van der Waals surface area contributed by atoms with E-state index in [1.165, 1.54) is 0 Å². The summed E-state index contributed by atoms with van der Waals surface area (Å²) in [5.41, 5.74) is 1.98. The molecule has 3 aliphatic rings. The Kier molecular flexibility index (Phi) is 2.04. The molecule has 2 fully saturated rings. The van der Waals surface area contributed by atoms with E-state index in [1.54, 1.807) is 0 Å². The van der Waals surface area contributed by atoms with Gasteiger partial charge in [-0.05, 0) is 48.2 Å². The molecule has 4 atom stereocenters. The lowest BCUT2D eigenvalue weighted by molar-refractivity contribution is -0.120. The third-order valence-corrected chi connectivity index (χ3v) is 6.25. The smallest absolute Gasteiger partial charge is 0.159 e. The van der Waals surface area contributed by atoms with Crippen LogP contribution in [0.25, 0.3) is 0 Å². The summed E-state index contributed by atoms with van der Waals surface area (Å²) in [4.78, 5) is 12.1. The van der Waals surface area contributed by atoms with Crippen LogP contribution >= 0.6 is 0 Å². The largest absolute Gasteiger partial charge is 0.388 e. The average Bonchev–Trinajstić information content (AvgIpc) is 2.53. The minimum absolute atomic E-state index is 0.0451. The molecular weight excluding hydrogens is 212 g/mol. The predicted octanol–water partition coefficient (Wildman–Crippen LogP) is 2.71. The summed E-state index contributed by atoms with van der Waals surface area (Å²) in [5.74, 6) is 1.12. The molecule has 2 bridgehead atoms. The highest BCUT2D eigenvalue weighted by atomic mass is 16.3. The van der Waals surface area contributed by atoms with Crippen LogP contribution in [-0.2, 0) is 4.79 Å². The summed E-state index contributed by atoms with van der Waals surface area (Å²) in [6.45, 7) is 8.70. The summed E-state index contributed by atoms with van der Waals surface area (Å²) in [5, 5.41) is 10.6. The van der Waals surface area contributed by atoms with Gasteiger partial charge in [0.15, 0.2) is 5.78 Å². The molecule has 17 heavy (non-hydrogen) atoms. The molecule has 0 aromatic heterocycles. The zero-order valence-corrected chi connectivity index (χ0v) is 11.2. The molecule has 3 rings (SSSR count). The first-order valence-corrected chi connectivity index (χ1v) is 6.76.